The minimum absolute atomic E-state index is 0.0976. The Bertz CT molecular complexity index is 947. The number of thioether (sulfide) groups is 2. The third kappa shape index (κ3) is 4.82. The van der Waals surface area contributed by atoms with Crippen molar-refractivity contribution < 1.29 is 9.53 Å². The zero-order valence-corrected chi connectivity index (χ0v) is 21.3. The Morgan fingerprint density at radius 1 is 1.30 bits per heavy atom. The van der Waals surface area contributed by atoms with E-state index in [1.54, 1.807) is 16.7 Å². The van der Waals surface area contributed by atoms with Gasteiger partial charge in [0.1, 0.15) is 5.75 Å². The van der Waals surface area contributed by atoms with Crippen LogP contribution < -0.4 is 9.64 Å². The molecule has 0 saturated carbocycles. The maximum atomic E-state index is 13.1. The highest BCUT2D eigenvalue weighted by atomic mass is 127. The number of ether oxygens (including phenoxy) is 1. The Balaban J connectivity index is 2.00. The second-order valence-corrected chi connectivity index (χ2v) is 10.4. The van der Waals surface area contributed by atoms with Crippen LogP contribution in [0.5, 0.6) is 5.75 Å². The van der Waals surface area contributed by atoms with Crippen molar-refractivity contribution in [3.63, 3.8) is 0 Å². The first-order valence-electron chi connectivity index (χ1n) is 7.98. The van der Waals surface area contributed by atoms with E-state index in [9.17, 15) is 4.79 Å². The molecule has 3 nitrogen and oxygen atoms in total. The molecule has 1 amide bonds. The van der Waals surface area contributed by atoms with Gasteiger partial charge < -0.3 is 4.74 Å². The Hall–Kier alpha value is -0.300. The average molecular weight is 639 g/mol. The van der Waals surface area contributed by atoms with Crippen molar-refractivity contribution >= 4 is 103 Å². The lowest BCUT2D eigenvalue weighted by molar-refractivity contribution is -0.113. The summed E-state index contributed by atoms with van der Waals surface area (Å²) in [5.41, 5.74) is 1.70. The van der Waals surface area contributed by atoms with Crippen LogP contribution in [0.3, 0.4) is 0 Å². The van der Waals surface area contributed by atoms with Crippen LogP contribution >= 0.6 is 80.9 Å². The third-order valence-electron chi connectivity index (χ3n) is 3.72. The number of carbonyl (C=O) groups excluding carboxylic acids is 1. The molecule has 0 aliphatic carbocycles. The maximum absolute atomic E-state index is 13.1. The van der Waals surface area contributed by atoms with E-state index in [0.717, 1.165) is 29.0 Å². The number of halogens is 2. The second kappa shape index (κ2) is 9.47. The Morgan fingerprint density at radius 2 is 2.07 bits per heavy atom. The largest absolute Gasteiger partial charge is 0.492 e. The van der Waals surface area contributed by atoms with Crippen molar-refractivity contribution in [2.24, 2.45) is 0 Å². The quantitative estimate of drug-likeness (QED) is 0.163. The van der Waals surface area contributed by atoms with Crippen molar-refractivity contribution in [1.82, 2.24) is 0 Å². The minimum Gasteiger partial charge on any atom is -0.492 e. The van der Waals surface area contributed by atoms with E-state index in [2.05, 4.69) is 51.2 Å². The van der Waals surface area contributed by atoms with Crippen molar-refractivity contribution in [3.8, 4) is 5.75 Å². The SMILES string of the molecule is CCOc1c(I)cc(I)cc1/C=C1/SC(=S)N(c2cccc(SC)c2)C1=O. The van der Waals surface area contributed by atoms with E-state index < -0.39 is 0 Å². The maximum Gasteiger partial charge on any atom is 0.270 e. The number of hydrogen-bond donors (Lipinski definition) is 0. The first kappa shape index (κ1) is 21.4. The summed E-state index contributed by atoms with van der Waals surface area (Å²) in [6.45, 7) is 2.52. The third-order valence-corrected chi connectivity index (χ3v) is 7.17. The van der Waals surface area contributed by atoms with Gasteiger partial charge in [-0.1, -0.05) is 30.0 Å². The predicted octanol–water partition coefficient (Wildman–Crippen LogP) is 6.42. The summed E-state index contributed by atoms with van der Waals surface area (Å²) < 4.78 is 8.47. The van der Waals surface area contributed by atoms with E-state index in [1.165, 1.54) is 11.8 Å². The van der Waals surface area contributed by atoms with Crippen molar-refractivity contribution in [3.05, 3.63) is 54.0 Å². The van der Waals surface area contributed by atoms with Gasteiger partial charge in [0.2, 0.25) is 0 Å². The first-order chi connectivity index (χ1) is 12.9. The zero-order valence-electron chi connectivity index (χ0n) is 14.5. The molecule has 1 aliphatic heterocycles. The minimum atomic E-state index is -0.0976. The van der Waals surface area contributed by atoms with Crippen LogP contribution in [0, 0.1) is 7.14 Å². The lowest BCUT2D eigenvalue weighted by Gasteiger charge is -2.15. The van der Waals surface area contributed by atoms with Crippen LogP contribution in [-0.4, -0.2) is 23.1 Å². The first-order valence-corrected chi connectivity index (χ1v) is 12.6. The molecule has 0 unspecified atom stereocenters. The lowest BCUT2D eigenvalue weighted by atomic mass is 10.2. The monoisotopic (exact) mass is 639 g/mol. The Morgan fingerprint density at radius 3 is 2.78 bits per heavy atom. The normalized spacial score (nSPS) is 15.7. The molecule has 0 atom stereocenters. The Kier molecular flexibility index (Phi) is 7.51. The van der Waals surface area contributed by atoms with Gasteiger partial charge in [-0.15, -0.1) is 11.8 Å². The standard InChI is InChI=1S/C19H15I2NO2S3/c1-3-24-17-11(7-12(20)9-15(17)21)8-16-18(23)22(19(25)27-16)13-5-4-6-14(10-13)26-2/h4-10H,3H2,1-2H3/b16-8+. The van der Waals surface area contributed by atoms with Gasteiger partial charge in [-0.25, -0.2) is 0 Å². The van der Waals surface area contributed by atoms with Gasteiger partial charge in [0.25, 0.3) is 5.91 Å². The van der Waals surface area contributed by atoms with Crippen LogP contribution in [0.1, 0.15) is 12.5 Å². The van der Waals surface area contributed by atoms with Gasteiger partial charge >= 0.3 is 0 Å². The highest BCUT2D eigenvalue weighted by Gasteiger charge is 2.33. The van der Waals surface area contributed by atoms with Crippen LogP contribution in [0.2, 0.25) is 0 Å². The second-order valence-electron chi connectivity index (χ2n) is 5.46. The fourth-order valence-corrected chi connectivity index (χ4v) is 6.35. The summed E-state index contributed by atoms with van der Waals surface area (Å²) in [4.78, 5) is 16.4. The molecule has 0 radical (unpaired) electrons. The molecule has 140 valence electrons. The fourth-order valence-electron chi connectivity index (χ4n) is 2.57. The molecular formula is C19H15I2NO2S3. The Labute approximate surface area is 200 Å². The molecule has 2 aromatic carbocycles. The van der Waals surface area contributed by atoms with Gasteiger partial charge in [0.15, 0.2) is 4.32 Å². The predicted molar refractivity (Wildman–Crippen MR) is 137 cm³/mol. The van der Waals surface area contributed by atoms with Gasteiger partial charge in [-0.05, 0) is 94.8 Å². The smallest absolute Gasteiger partial charge is 0.270 e. The number of anilines is 1. The number of benzene rings is 2. The van der Waals surface area contributed by atoms with Crippen LogP contribution in [0.25, 0.3) is 6.08 Å². The highest BCUT2D eigenvalue weighted by Crippen LogP contribution is 2.39. The van der Waals surface area contributed by atoms with Gasteiger partial charge in [-0.2, -0.15) is 0 Å². The number of amides is 1. The van der Waals surface area contributed by atoms with Crippen LogP contribution in [0.15, 0.2) is 46.2 Å². The molecule has 1 heterocycles. The molecule has 1 saturated heterocycles. The summed E-state index contributed by atoms with van der Waals surface area (Å²) in [7, 11) is 0. The summed E-state index contributed by atoms with van der Waals surface area (Å²) in [6.07, 6.45) is 3.89. The van der Waals surface area contributed by atoms with Crippen molar-refractivity contribution in [1.29, 1.82) is 0 Å². The molecule has 3 rings (SSSR count). The number of thiocarbonyl (C=S) groups is 1. The van der Waals surface area contributed by atoms with Gasteiger partial charge in [0, 0.05) is 14.0 Å². The highest BCUT2D eigenvalue weighted by molar-refractivity contribution is 14.1. The summed E-state index contributed by atoms with van der Waals surface area (Å²) in [5, 5.41) is 0. The number of rotatable bonds is 5. The van der Waals surface area contributed by atoms with E-state index in [0.29, 0.717) is 15.8 Å². The molecule has 1 aliphatic rings. The van der Waals surface area contributed by atoms with Crippen molar-refractivity contribution in [2.75, 3.05) is 17.8 Å². The van der Waals surface area contributed by atoms with E-state index in [4.69, 9.17) is 17.0 Å². The van der Waals surface area contributed by atoms with E-state index in [1.807, 2.05) is 49.6 Å². The van der Waals surface area contributed by atoms with Crippen LogP contribution in [-0.2, 0) is 4.79 Å². The molecule has 2 aromatic rings. The van der Waals surface area contributed by atoms with E-state index in [-0.39, 0.29) is 5.91 Å². The average Bonchev–Trinajstić information content (AvgIpc) is 2.91. The molecule has 0 bridgehead atoms. The molecule has 27 heavy (non-hydrogen) atoms. The molecule has 0 spiro atoms. The van der Waals surface area contributed by atoms with E-state index >= 15 is 0 Å². The lowest BCUT2D eigenvalue weighted by Crippen LogP contribution is -2.27. The van der Waals surface area contributed by atoms with Crippen LogP contribution in [0.4, 0.5) is 5.69 Å². The fraction of sp³-hybridized carbons (Fsp3) is 0.158. The van der Waals surface area contributed by atoms with Crippen molar-refractivity contribution in [2.45, 2.75) is 11.8 Å². The summed E-state index contributed by atoms with van der Waals surface area (Å²) in [6, 6.07) is 11.9. The summed E-state index contributed by atoms with van der Waals surface area (Å²) in [5.74, 6) is 0.702. The molecule has 0 aromatic heterocycles. The van der Waals surface area contributed by atoms with Gasteiger partial charge in [-0.3, -0.25) is 9.69 Å². The number of carbonyl (C=O) groups is 1. The molecule has 8 heteroatoms. The van der Waals surface area contributed by atoms with Gasteiger partial charge in [0.05, 0.1) is 20.8 Å². The molecule has 0 N–H and O–H groups in total. The summed E-state index contributed by atoms with van der Waals surface area (Å²) >= 11 is 13.0. The zero-order chi connectivity index (χ0) is 19.6. The number of nitrogens with zero attached hydrogens (tertiary/aromatic N) is 1. The topological polar surface area (TPSA) is 29.5 Å². The number of hydrogen-bond acceptors (Lipinski definition) is 5. The molecule has 1 fully saturated rings. The molecular weight excluding hydrogens is 624 g/mol.